The average Bonchev–Trinajstić information content (AvgIpc) is 2.18. The Balaban J connectivity index is 3.09. The number of benzene rings is 1. The minimum absolute atomic E-state index is 0.104. The van der Waals surface area contributed by atoms with Gasteiger partial charge >= 0.3 is 0 Å². The number of sulfonamides is 1. The normalized spacial score (nSPS) is 11.7. The van der Waals surface area contributed by atoms with Gasteiger partial charge in [0.1, 0.15) is 4.90 Å². The Labute approximate surface area is 103 Å². The van der Waals surface area contributed by atoms with Gasteiger partial charge in [0.2, 0.25) is 10.0 Å². The summed E-state index contributed by atoms with van der Waals surface area (Å²) in [6.07, 6.45) is 0.741. The molecular formula is C9H11BrClNO2S. The fourth-order valence-corrected chi connectivity index (χ4v) is 3.17. The first kappa shape index (κ1) is 13.0. The molecule has 0 fully saturated rings. The number of hydrogen-bond acceptors (Lipinski definition) is 2. The molecule has 1 aromatic rings. The Morgan fingerprint density at radius 3 is 2.73 bits per heavy atom. The summed E-state index contributed by atoms with van der Waals surface area (Å²) in [5.41, 5.74) is 0. The largest absolute Gasteiger partial charge is 0.242 e. The van der Waals surface area contributed by atoms with Crippen LogP contribution < -0.4 is 4.72 Å². The minimum atomic E-state index is -3.49. The number of halogens is 2. The quantitative estimate of drug-likeness (QED) is 0.929. The van der Waals surface area contributed by atoms with Gasteiger partial charge < -0.3 is 0 Å². The summed E-state index contributed by atoms with van der Waals surface area (Å²) in [4.78, 5) is 0.104. The lowest BCUT2D eigenvalue weighted by atomic mass is 10.4. The highest BCUT2D eigenvalue weighted by Crippen LogP contribution is 2.24. The molecule has 0 aromatic heterocycles. The average molecular weight is 313 g/mol. The van der Waals surface area contributed by atoms with Crippen LogP contribution in [0.1, 0.15) is 13.3 Å². The predicted octanol–water partition coefficient (Wildman–Crippen LogP) is 2.79. The SMILES string of the molecule is CCCNS(=O)(=O)c1cc(Br)ccc1Cl. The lowest BCUT2D eigenvalue weighted by Crippen LogP contribution is -2.24. The van der Waals surface area contributed by atoms with E-state index in [1.807, 2.05) is 6.92 Å². The van der Waals surface area contributed by atoms with Gasteiger partial charge in [0.05, 0.1) is 5.02 Å². The third-order valence-corrected chi connectivity index (χ3v) is 4.16. The van der Waals surface area contributed by atoms with Crippen molar-refractivity contribution in [2.75, 3.05) is 6.54 Å². The van der Waals surface area contributed by atoms with Gasteiger partial charge in [-0.05, 0) is 24.6 Å². The lowest BCUT2D eigenvalue weighted by molar-refractivity contribution is 0.581. The number of hydrogen-bond donors (Lipinski definition) is 1. The molecule has 0 amide bonds. The van der Waals surface area contributed by atoms with Gasteiger partial charge in [0, 0.05) is 11.0 Å². The Morgan fingerprint density at radius 2 is 2.13 bits per heavy atom. The standard InChI is InChI=1S/C9H11BrClNO2S/c1-2-5-12-15(13,14)9-6-7(10)3-4-8(9)11/h3-4,6,12H,2,5H2,1H3. The van der Waals surface area contributed by atoms with Gasteiger partial charge in [-0.1, -0.05) is 34.5 Å². The molecule has 0 heterocycles. The maximum absolute atomic E-state index is 11.7. The highest BCUT2D eigenvalue weighted by molar-refractivity contribution is 9.10. The smallest absolute Gasteiger partial charge is 0.211 e. The van der Waals surface area contributed by atoms with Gasteiger partial charge in [0.15, 0.2) is 0 Å². The molecule has 0 unspecified atom stereocenters. The van der Waals surface area contributed by atoms with E-state index in [4.69, 9.17) is 11.6 Å². The summed E-state index contributed by atoms with van der Waals surface area (Å²) in [5, 5.41) is 0.224. The van der Waals surface area contributed by atoms with E-state index in [-0.39, 0.29) is 9.92 Å². The maximum Gasteiger partial charge on any atom is 0.242 e. The van der Waals surface area contributed by atoms with E-state index >= 15 is 0 Å². The van der Waals surface area contributed by atoms with Gasteiger partial charge in [0.25, 0.3) is 0 Å². The summed E-state index contributed by atoms with van der Waals surface area (Å²) in [6.45, 7) is 2.30. The van der Waals surface area contributed by atoms with E-state index in [2.05, 4.69) is 20.7 Å². The van der Waals surface area contributed by atoms with Crippen LogP contribution in [0.5, 0.6) is 0 Å². The van der Waals surface area contributed by atoms with Crippen molar-refractivity contribution in [3.8, 4) is 0 Å². The van der Waals surface area contributed by atoms with Crippen LogP contribution in [-0.4, -0.2) is 15.0 Å². The number of nitrogens with one attached hydrogen (secondary N) is 1. The zero-order valence-electron chi connectivity index (χ0n) is 8.13. The zero-order chi connectivity index (χ0) is 11.5. The molecule has 0 spiro atoms. The van der Waals surface area contributed by atoms with Crippen molar-refractivity contribution in [2.45, 2.75) is 18.2 Å². The van der Waals surface area contributed by atoms with E-state index in [0.29, 0.717) is 11.0 Å². The van der Waals surface area contributed by atoms with E-state index < -0.39 is 10.0 Å². The summed E-state index contributed by atoms with van der Waals surface area (Å²) in [6, 6.07) is 4.73. The molecule has 1 aromatic carbocycles. The molecular weight excluding hydrogens is 302 g/mol. The van der Waals surface area contributed by atoms with Gasteiger partial charge in [-0.25, -0.2) is 13.1 Å². The highest BCUT2D eigenvalue weighted by Gasteiger charge is 2.17. The van der Waals surface area contributed by atoms with Crippen molar-refractivity contribution >= 4 is 37.6 Å². The first-order valence-electron chi connectivity index (χ1n) is 4.42. The van der Waals surface area contributed by atoms with Crippen LogP contribution in [0.4, 0.5) is 0 Å². The molecule has 1 N–H and O–H groups in total. The first-order valence-corrected chi connectivity index (χ1v) is 7.07. The molecule has 0 radical (unpaired) electrons. The summed E-state index contributed by atoms with van der Waals surface area (Å²) >= 11 is 9.03. The predicted molar refractivity (Wildman–Crippen MR) is 64.6 cm³/mol. The fourth-order valence-electron chi connectivity index (χ4n) is 0.997. The molecule has 0 saturated heterocycles. The minimum Gasteiger partial charge on any atom is -0.211 e. The van der Waals surface area contributed by atoms with E-state index in [1.54, 1.807) is 12.1 Å². The lowest BCUT2D eigenvalue weighted by Gasteiger charge is -2.07. The van der Waals surface area contributed by atoms with Crippen molar-refractivity contribution in [1.29, 1.82) is 0 Å². The molecule has 0 bridgehead atoms. The monoisotopic (exact) mass is 311 g/mol. The molecule has 0 saturated carbocycles. The Hall–Kier alpha value is -0.100. The Bertz CT molecular complexity index is 447. The maximum atomic E-state index is 11.7. The summed E-state index contributed by atoms with van der Waals surface area (Å²) in [5.74, 6) is 0. The van der Waals surface area contributed by atoms with E-state index in [1.165, 1.54) is 6.07 Å². The van der Waals surface area contributed by atoms with Gasteiger partial charge in [-0.3, -0.25) is 0 Å². The molecule has 0 aliphatic carbocycles. The third kappa shape index (κ3) is 3.45. The Kier molecular flexibility index (Phi) is 4.58. The van der Waals surface area contributed by atoms with Crippen LogP contribution in [0.15, 0.2) is 27.6 Å². The molecule has 0 atom stereocenters. The molecule has 84 valence electrons. The topological polar surface area (TPSA) is 46.2 Å². The van der Waals surface area contributed by atoms with Crippen LogP contribution in [0.3, 0.4) is 0 Å². The summed E-state index contributed by atoms with van der Waals surface area (Å²) in [7, 11) is -3.49. The van der Waals surface area contributed by atoms with Crippen LogP contribution >= 0.6 is 27.5 Å². The summed E-state index contributed by atoms with van der Waals surface area (Å²) < 4.78 is 26.6. The molecule has 1 rings (SSSR count). The van der Waals surface area contributed by atoms with Crippen molar-refractivity contribution in [2.24, 2.45) is 0 Å². The second-order valence-electron chi connectivity index (χ2n) is 2.97. The molecule has 0 aliphatic rings. The second-order valence-corrected chi connectivity index (χ2v) is 6.03. The fraction of sp³-hybridized carbons (Fsp3) is 0.333. The Morgan fingerprint density at radius 1 is 1.47 bits per heavy atom. The van der Waals surface area contributed by atoms with Crippen LogP contribution in [-0.2, 0) is 10.0 Å². The molecule has 3 nitrogen and oxygen atoms in total. The van der Waals surface area contributed by atoms with Crippen molar-refractivity contribution in [1.82, 2.24) is 4.72 Å². The first-order chi connectivity index (χ1) is 6.97. The van der Waals surface area contributed by atoms with Crippen LogP contribution in [0, 0.1) is 0 Å². The molecule has 15 heavy (non-hydrogen) atoms. The van der Waals surface area contributed by atoms with E-state index in [0.717, 1.165) is 6.42 Å². The molecule has 6 heteroatoms. The van der Waals surface area contributed by atoms with Crippen LogP contribution in [0.25, 0.3) is 0 Å². The van der Waals surface area contributed by atoms with E-state index in [9.17, 15) is 8.42 Å². The van der Waals surface area contributed by atoms with Gasteiger partial charge in [-0.15, -0.1) is 0 Å². The van der Waals surface area contributed by atoms with Crippen molar-refractivity contribution < 1.29 is 8.42 Å². The zero-order valence-corrected chi connectivity index (χ0v) is 11.3. The molecule has 0 aliphatic heterocycles. The third-order valence-electron chi connectivity index (χ3n) is 1.72. The van der Waals surface area contributed by atoms with Crippen molar-refractivity contribution in [3.05, 3.63) is 27.7 Å². The second kappa shape index (κ2) is 5.30. The number of rotatable bonds is 4. The van der Waals surface area contributed by atoms with Crippen LogP contribution in [0.2, 0.25) is 5.02 Å². The van der Waals surface area contributed by atoms with Gasteiger partial charge in [-0.2, -0.15) is 0 Å². The van der Waals surface area contributed by atoms with Crippen molar-refractivity contribution in [3.63, 3.8) is 0 Å². The highest BCUT2D eigenvalue weighted by atomic mass is 79.9.